The molecule has 1 saturated carbocycles. The molecule has 0 atom stereocenters. The number of methoxy groups -OCH3 is 1. The molecule has 4 nitrogen and oxygen atoms in total. The molecule has 2 rings (SSSR count). The van der Waals surface area contributed by atoms with Gasteiger partial charge in [-0.3, -0.25) is 0 Å². The smallest absolute Gasteiger partial charge is 0.387 e. The van der Waals surface area contributed by atoms with Gasteiger partial charge in [-0.25, -0.2) is 0 Å². The Balaban J connectivity index is 1.78. The molecular formula is C17H26F2N2O2. The van der Waals surface area contributed by atoms with Crippen molar-refractivity contribution < 1.29 is 18.3 Å². The molecule has 6 heteroatoms. The van der Waals surface area contributed by atoms with Crippen LogP contribution in [-0.4, -0.2) is 44.8 Å². The molecule has 0 saturated heterocycles. The fraction of sp³-hybridized carbons (Fsp3) is 0.647. The van der Waals surface area contributed by atoms with Crippen LogP contribution in [0.5, 0.6) is 11.5 Å². The van der Waals surface area contributed by atoms with Crippen molar-refractivity contribution in [2.75, 3.05) is 27.2 Å². The number of nitrogens with zero attached hydrogens (tertiary/aromatic N) is 1. The molecule has 1 aromatic rings. The zero-order valence-electron chi connectivity index (χ0n) is 13.9. The van der Waals surface area contributed by atoms with Gasteiger partial charge in [0.2, 0.25) is 0 Å². The maximum Gasteiger partial charge on any atom is 0.387 e. The second-order valence-corrected chi connectivity index (χ2v) is 5.96. The van der Waals surface area contributed by atoms with Gasteiger partial charge in [-0.1, -0.05) is 18.9 Å². The molecule has 0 heterocycles. The molecule has 23 heavy (non-hydrogen) atoms. The topological polar surface area (TPSA) is 33.7 Å². The van der Waals surface area contributed by atoms with Gasteiger partial charge in [0, 0.05) is 25.7 Å². The first kappa shape index (κ1) is 17.9. The molecule has 0 aliphatic heterocycles. The Hall–Kier alpha value is -1.40. The molecule has 130 valence electrons. The van der Waals surface area contributed by atoms with E-state index in [0.717, 1.165) is 18.7 Å². The van der Waals surface area contributed by atoms with Gasteiger partial charge in [0.15, 0.2) is 11.5 Å². The van der Waals surface area contributed by atoms with E-state index in [2.05, 4.69) is 22.0 Å². The monoisotopic (exact) mass is 328 g/mol. The zero-order valence-corrected chi connectivity index (χ0v) is 13.9. The quantitative estimate of drug-likeness (QED) is 0.706. The van der Waals surface area contributed by atoms with Crippen LogP contribution >= 0.6 is 0 Å². The largest absolute Gasteiger partial charge is 0.493 e. The van der Waals surface area contributed by atoms with Crippen molar-refractivity contribution in [2.24, 2.45) is 0 Å². The molecule has 0 amide bonds. The van der Waals surface area contributed by atoms with E-state index >= 15 is 0 Å². The van der Waals surface area contributed by atoms with Crippen LogP contribution in [0.25, 0.3) is 0 Å². The van der Waals surface area contributed by atoms with E-state index < -0.39 is 6.61 Å². The molecule has 1 N–H and O–H groups in total. The van der Waals surface area contributed by atoms with Crippen LogP contribution in [-0.2, 0) is 6.54 Å². The van der Waals surface area contributed by atoms with Gasteiger partial charge in [-0.2, -0.15) is 8.78 Å². The molecule has 1 aliphatic rings. The minimum absolute atomic E-state index is 0.0740. The number of benzene rings is 1. The number of hydrogen-bond acceptors (Lipinski definition) is 4. The Morgan fingerprint density at radius 2 is 2.00 bits per heavy atom. The minimum atomic E-state index is -2.85. The van der Waals surface area contributed by atoms with Crippen molar-refractivity contribution in [3.8, 4) is 11.5 Å². The van der Waals surface area contributed by atoms with Crippen LogP contribution in [0, 0.1) is 0 Å². The summed E-state index contributed by atoms with van der Waals surface area (Å²) < 4.78 is 34.4. The lowest BCUT2D eigenvalue weighted by Crippen LogP contribution is -2.35. The molecule has 1 aliphatic carbocycles. The average molecular weight is 328 g/mol. The molecule has 1 aromatic carbocycles. The van der Waals surface area contributed by atoms with E-state index in [4.69, 9.17) is 4.74 Å². The summed E-state index contributed by atoms with van der Waals surface area (Å²) in [7, 11) is 3.60. The van der Waals surface area contributed by atoms with Crippen molar-refractivity contribution >= 4 is 0 Å². The fourth-order valence-electron chi connectivity index (χ4n) is 3.03. The molecule has 0 bridgehead atoms. The van der Waals surface area contributed by atoms with Crippen LogP contribution < -0.4 is 14.8 Å². The van der Waals surface area contributed by atoms with Gasteiger partial charge in [0.1, 0.15) is 0 Å². The SMILES string of the molecule is COc1ccc(CNCCN(C)C2CCCC2)cc1OC(F)F. The average Bonchev–Trinajstić information content (AvgIpc) is 3.05. The number of nitrogens with one attached hydrogen (secondary N) is 1. The normalized spacial score (nSPS) is 15.6. The van der Waals surface area contributed by atoms with Crippen molar-refractivity contribution in [1.82, 2.24) is 10.2 Å². The third-order valence-corrected chi connectivity index (χ3v) is 4.36. The van der Waals surface area contributed by atoms with Crippen LogP contribution in [0.1, 0.15) is 31.2 Å². The summed E-state index contributed by atoms with van der Waals surface area (Å²) in [5, 5.41) is 3.35. The first-order valence-electron chi connectivity index (χ1n) is 8.13. The summed E-state index contributed by atoms with van der Waals surface area (Å²) >= 11 is 0. The Labute approximate surface area is 136 Å². The van der Waals surface area contributed by atoms with Gasteiger partial charge in [-0.05, 0) is 37.6 Å². The van der Waals surface area contributed by atoms with E-state index in [-0.39, 0.29) is 5.75 Å². The van der Waals surface area contributed by atoms with E-state index in [1.165, 1.54) is 32.8 Å². The highest BCUT2D eigenvalue weighted by Gasteiger charge is 2.18. The summed E-state index contributed by atoms with van der Waals surface area (Å²) in [6.07, 6.45) is 5.26. The van der Waals surface area contributed by atoms with E-state index in [0.29, 0.717) is 18.3 Å². The van der Waals surface area contributed by atoms with Gasteiger partial charge in [0.25, 0.3) is 0 Å². The fourth-order valence-corrected chi connectivity index (χ4v) is 3.03. The number of rotatable bonds is 9. The number of alkyl halides is 2. The van der Waals surface area contributed by atoms with E-state index in [9.17, 15) is 8.78 Å². The van der Waals surface area contributed by atoms with Crippen molar-refractivity contribution in [3.63, 3.8) is 0 Å². The number of halogens is 2. The highest BCUT2D eigenvalue weighted by molar-refractivity contribution is 5.42. The predicted molar refractivity (Wildman–Crippen MR) is 86.2 cm³/mol. The summed E-state index contributed by atoms with van der Waals surface area (Å²) in [5.74, 6) is 0.389. The number of hydrogen-bond donors (Lipinski definition) is 1. The Morgan fingerprint density at radius 3 is 2.65 bits per heavy atom. The number of ether oxygens (including phenoxy) is 2. The predicted octanol–water partition coefficient (Wildman–Crippen LogP) is 3.26. The summed E-state index contributed by atoms with van der Waals surface area (Å²) in [5.41, 5.74) is 0.893. The zero-order chi connectivity index (χ0) is 16.7. The van der Waals surface area contributed by atoms with Crippen LogP contribution in [0.15, 0.2) is 18.2 Å². The van der Waals surface area contributed by atoms with Gasteiger partial charge in [-0.15, -0.1) is 0 Å². The maximum atomic E-state index is 12.4. The molecular weight excluding hydrogens is 302 g/mol. The van der Waals surface area contributed by atoms with Gasteiger partial charge < -0.3 is 19.7 Å². The summed E-state index contributed by atoms with van der Waals surface area (Å²) in [6.45, 7) is -0.389. The van der Waals surface area contributed by atoms with Crippen LogP contribution in [0.2, 0.25) is 0 Å². The first-order valence-corrected chi connectivity index (χ1v) is 8.13. The third kappa shape index (κ3) is 5.62. The highest BCUT2D eigenvalue weighted by atomic mass is 19.3. The number of likely N-dealkylation sites (N-methyl/N-ethyl adjacent to an activating group) is 1. The van der Waals surface area contributed by atoms with Crippen LogP contribution in [0.3, 0.4) is 0 Å². The lowest BCUT2D eigenvalue weighted by molar-refractivity contribution is -0.0512. The lowest BCUT2D eigenvalue weighted by atomic mass is 10.2. The first-order chi connectivity index (χ1) is 11.1. The maximum absolute atomic E-state index is 12.4. The van der Waals surface area contributed by atoms with Crippen LogP contribution in [0.4, 0.5) is 8.78 Å². The summed E-state index contributed by atoms with van der Waals surface area (Å²) in [6, 6.07) is 5.81. The molecule has 1 fully saturated rings. The highest BCUT2D eigenvalue weighted by Crippen LogP contribution is 2.29. The second kappa shape index (κ2) is 9.03. The van der Waals surface area contributed by atoms with Crippen molar-refractivity contribution in [2.45, 2.75) is 44.9 Å². The molecule has 0 radical (unpaired) electrons. The van der Waals surface area contributed by atoms with E-state index in [1.807, 2.05) is 6.07 Å². The minimum Gasteiger partial charge on any atom is -0.493 e. The Kier molecular flexibility index (Phi) is 7.05. The molecule has 0 unspecified atom stereocenters. The Morgan fingerprint density at radius 1 is 1.26 bits per heavy atom. The standard InChI is InChI=1S/C17H26F2N2O2/c1-21(14-5-3-4-6-14)10-9-20-12-13-7-8-15(22-2)16(11-13)23-17(18)19/h7-8,11,14,17,20H,3-6,9-10,12H2,1-2H3. The summed E-state index contributed by atoms with van der Waals surface area (Å²) in [4.78, 5) is 2.40. The van der Waals surface area contributed by atoms with E-state index in [1.54, 1.807) is 12.1 Å². The lowest BCUT2D eigenvalue weighted by Gasteiger charge is -2.24. The van der Waals surface area contributed by atoms with Crippen molar-refractivity contribution in [1.29, 1.82) is 0 Å². The third-order valence-electron chi connectivity index (χ3n) is 4.36. The second-order valence-electron chi connectivity index (χ2n) is 5.96. The molecule has 0 aromatic heterocycles. The van der Waals surface area contributed by atoms with Gasteiger partial charge in [0.05, 0.1) is 7.11 Å². The Bertz CT molecular complexity index is 480. The molecule has 0 spiro atoms. The van der Waals surface area contributed by atoms with Crippen molar-refractivity contribution in [3.05, 3.63) is 23.8 Å². The van der Waals surface area contributed by atoms with Gasteiger partial charge >= 0.3 is 6.61 Å².